The predicted molar refractivity (Wildman–Crippen MR) is 80.3 cm³/mol. The second kappa shape index (κ2) is 5.21. The van der Waals surface area contributed by atoms with Crippen molar-refractivity contribution in [2.75, 3.05) is 5.75 Å². The Morgan fingerprint density at radius 1 is 1.00 bits per heavy atom. The molecule has 4 heteroatoms. The van der Waals surface area contributed by atoms with E-state index in [4.69, 9.17) is 8.83 Å². The fraction of sp³-hybridized carbons (Fsp3) is 0.188. The Hall–Kier alpha value is -1.94. The molecule has 3 rings (SSSR count). The molecule has 0 atom stereocenters. The lowest BCUT2D eigenvalue weighted by Crippen LogP contribution is -1.95. The summed E-state index contributed by atoms with van der Waals surface area (Å²) in [6.07, 6.45) is 3.62. The minimum Gasteiger partial charge on any atom is -0.462 e. The van der Waals surface area contributed by atoms with Crippen LogP contribution in [-0.2, 0) is 4.79 Å². The van der Waals surface area contributed by atoms with Gasteiger partial charge in [-0.05, 0) is 50.3 Å². The number of ketones is 1. The Morgan fingerprint density at radius 3 is 2.15 bits per heavy atom. The van der Waals surface area contributed by atoms with Gasteiger partial charge in [-0.1, -0.05) is 0 Å². The number of hydrogen-bond donors (Lipinski definition) is 0. The van der Waals surface area contributed by atoms with Crippen LogP contribution < -0.4 is 0 Å². The normalized spacial score (nSPS) is 19.4. The summed E-state index contributed by atoms with van der Waals surface area (Å²) in [5.74, 6) is 3.85. The quantitative estimate of drug-likeness (QED) is 0.775. The summed E-state index contributed by atoms with van der Waals surface area (Å²) in [7, 11) is 0. The maximum absolute atomic E-state index is 12.3. The van der Waals surface area contributed by atoms with Crippen molar-refractivity contribution in [1.29, 1.82) is 0 Å². The van der Waals surface area contributed by atoms with Crippen LogP contribution in [0.15, 0.2) is 43.6 Å². The van der Waals surface area contributed by atoms with Gasteiger partial charge in [0.25, 0.3) is 0 Å². The van der Waals surface area contributed by atoms with E-state index in [0.717, 1.165) is 22.9 Å². The number of carbonyl (C=O) groups is 1. The zero-order valence-electron chi connectivity index (χ0n) is 11.3. The average Bonchev–Trinajstić information content (AvgIpc) is 3.08. The SMILES string of the molecule is Cc1ccc(/C=C2\CS/C(=C\c3ccc(C)o3)C2=O)o1. The van der Waals surface area contributed by atoms with Gasteiger partial charge < -0.3 is 8.83 Å². The van der Waals surface area contributed by atoms with Crippen molar-refractivity contribution in [2.45, 2.75) is 13.8 Å². The molecular formula is C16H14O3S. The summed E-state index contributed by atoms with van der Waals surface area (Å²) in [5.41, 5.74) is 0.763. The molecule has 0 radical (unpaired) electrons. The zero-order chi connectivity index (χ0) is 14.1. The van der Waals surface area contributed by atoms with Crippen LogP contribution in [0.1, 0.15) is 23.0 Å². The van der Waals surface area contributed by atoms with Gasteiger partial charge in [0.2, 0.25) is 0 Å². The standard InChI is InChI=1S/C16H14O3S/c1-10-3-5-13(18-10)7-12-9-20-15(16(12)17)8-14-6-4-11(2)19-14/h3-8H,9H2,1-2H3/b12-7+,15-8-. The molecule has 0 N–H and O–H groups in total. The molecule has 0 bridgehead atoms. The molecule has 0 spiro atoms. The van der Waals surface area contributed by atoms with Crippen molar-refractivity contribution >= 4 is 29.7 Å². The highest BCUT2D eigenvalue weighted by Crippen LogP contribution is 2.34. The van der Waals surface area contributed by atoms with Crippen molar-refractivity contribution in [2.24, 2.45) is 0 Å². The Kier molecular flexibility index (Phi) is 3.40. The third-order valence-corrected chi connectivity index (χ3v) is 4.08. The zero-order valence-corrected chi connectivity index (χ0v) is 12.1. The molecule has 2 aromatic heterocycles. The molecule has 2 aromatic rings. The minimum atomic E-state index is 0.0538. The summed E-state index contributed by atoms with van der Waals surface area (Å²) in [6, 6.07) is 7.52. The molecule has 3 nitrogen and oxygen atoms in total. The van der Waals surface area contributed by atoms with Crippen LogP contribution in [0.5, 0.6) is 0 Å². The average molecular weight is 286 g/mol. The summed E-state index contributed by atoms with van der Waals surface area (Å²) in [5, 5.41) is 0. The predicted octanol–water partition coefficient (Wildman–Crippen LogP) is 4.23. The second-order valence-electron chi connectivity index (χ2n) is 4.69. The molecule has 20 heavy (non-hydrogen) atoms. The number of aryl methyl sites for hydroxylation is 2. The van der Waals surface area contributed by atoms with Crippen LogP contribution in [0.3, 0.4) is 0 Å². The summed E-state index contributed by atoms with van der Waals surface area (Å²) >= 11 is 1.53. The van der Waals surface area contributed by atoms with E-state index in [1.165, 1.54) is 11.8 Å². The maximum atomic E-state index is 12.3. The molecule has 1 saturated heterocycles. The van der Waals surface area contributed by atoms with E-state index >= 15 is 0 Å². The first kappa shape index (κ1) is 13.1. The molecule has 0 aliphatic carbocycles. The summed E-state index contributed by atoms with van der Waals surface area (Å²) in [4.78, 5) is 13.0. The smallest absolute Gasteiger partial charge is 0.196 e. The van der Waals surface area contributed by atoms with Crippen molar-refractivity contribution in [3.05, 3.63) is 57.8 Å². The highest BCUT2D eigenvalue weighted by molar-refractivity contribution is 8.05. The first-order valence-corrected chi connectivity index (χ1v) is 7.33. The Balaban J connectivity index is 1.84. The Morgan fingerprint density at radius 2 is 1.60 bits per heavy atom. The number of Topliss-reactive ketones (excluding diaryl/α,β-unsaturated/α-hetero) is 1. The largest absolute Gasteiger partial charge is 0.462 e. The van der Waals surface area contributed by atoms with Gasteiger partial charge in [-0.15, -0.1) is 11.8 Å². The van der Waals surface area contributed by atoms with E-state index in [1.807, 2.05) is 44.2 Å². The van der Waals surface area contributed by atoms with E-state index in [-0.39, 0.29) is 5.78 Å². The molecule has 1 aliphatic rings. The van der Waals surface area contributed by atoms with Crippen molar-refractivity contribution in [1.82, 2.24) is 0 Å². The molecule has 1 fully saturated rings. The van der Waals surface area contributed by atoms with E-state index < -0.39 is 0 Å². The first-order chi connectivity index (χ1) is 9.61. The van der Waals surface area contributed by atoms with Gasteiger partial charge in [-0.2, -0.15) is 0 Å². The Labute approximate surface area is 121 Å². The molecule has 3 heterocycles. The van der Waals surface area contributed by atoms with Crippen molar-refractivity contribution in [3.63, 3.8) is 0 Å². The topological polar surface area (TPSA) is 43.4 Å². The lowest BCUT2D eigenvalue weighted by atomic mass is 10.1. The van der Waals surface area contributed by atoms with Crippen LogP contribution in [0.4, 0.5) is 0 Å². The molecule has 0 amide bonds. The fourth-order valence-corrected chi connectivity index (χ4v) is 3.01. The molecule has 1 aliphatic heterocycles. The number of allylic oxidation sites excluding steroid dienone is 1. The van der Waals surface area contributed by atoms with E-state index in [1.54, 1.807) is 6.08 Å². The van der Waals surface area contributed by atoms with Gasteiger partial charge in [-0.25, -0.2) is 0 Å². The lowest BCUT2D eigenvalue weighted by Gasteiger charge is -1.93. The third kappa shape index (κ3) is 2.65. The minimum absolute atomic E-state index is 0.0538. The van der Waals surface area contributed by atoms with Gasteiger partial charge in [0.1, 0.15) is 23.0 Å². The van der Waals surface area contributed by atoms with Crippen molar-refractivity contribution in [3.8, 4) is 0 Å². The van der Waals surface area contributed by atoms with Gasteiger partial charge in [-0.3, -0.25) is 4.79 Å². The fourth-order valence-electron chi connectivity index (χ4n) is 2.02. The highest BCUT2D eigenvalue weighted by atomic mass is 32.2. The lowest BCUT2D eigenvalue weighted by molar-refractivity contribution is -0.111. The molecule has 102 valence electrons. The highest BCUT2D eigenvalue weighted by Gasteiger charge is 2.24. The summed E-state index contributed by atoms with van der Waals surface area (Å²) < 4.78 is 10.9. The van der Waals surface area contributed by atoms with Gasteiger partial charge in [0.15, 0.2) is 5.78 Å². The molecule has 0 unspecified atom stereocenters. The number of carbonyl (C=O) groups excluding carboxylic acids is 1. The van der Waals surface area contributed by atoms with E-state index in [0.29, 0.717) is 16.4 Å². The van der Waals surface area contributed by atoms with Crippen LogP contribution in [0, 0.1) is 13.8 Å². The number of thioether (sulfide) groups is 1. The first-order valence-electron chi connectivity index (χ1n) is 6.34. The molecule has 0 saturated carbocycles. The van der Waals surface area contributed by atoms with Crippen molar-refractivity contribution < 1.29 is 13.6 Å². The molecule has 0 aromatic carbocycles. The summed E-state index contributed by atoms with van der Waals surface area (Å²) in [6.45, 7) is 3.77. The maximum Gasteiger partial charge on any atom is 0.196 e. The second-order valence-corrected chi connectivity index (χ2v) is 5.71. The van der Waals surface area contributed by atoms with Crippen LogP contribution in [0.25, 0.3) is 12.2 Å². The van der Waals surface area contributed by atoms with Crippen LogP contribution in [0.2, 0.25) is 0 Å². The van der Waals surface area contributed by atoms with Gasteiger partial charge >= 0.3 is 0 Å². The van der Waals surface area contributed by atoms with Gasteiger partial charge in [0.05, 0.1) is 4.91 Å². The Bertz CT molecular complexity index is 655. The van der Waals surface area contributed by atoms with Crippen LogP contribution >= 0.6 is 11.8 Å². The van der Waals surface area contributed by atoms with E-state index in [9.17, 15) is 4.79 Å². The number of hydrogen-bond acceptors (Lipinski definition) is 4. The third-order valence-electron chi connectivity index (χ3n) is 3.01. The van der Waals surface area contributed by atoms with E-state index in [2.05, 4.69) is 0 Å². The number of furan rings is 2. The van der Waals surface area contributed by atoms with Crippen LogP contribution in [-0.4, -0.2) is 11.5 Å². The number of rotatable bonds is 2. The monoisotopic (exact) mass is 286 g/mol. The molecular weight excluding hydrogens is 272 g/mol. The van der Waals surface area contributed by atoms with Gasteiger partial charge in [0, 0.05) is 11.3 Å².